The lowest BCUT2D eigenvalue weighted by Gasteiger charge is -2.20. The first kappa shape index (κ1) is 14.7. The summed E-state index contributed by atoms with van der Waals surface area (Å²) in [6, 6.07) is 1.77. The van der Waals surface area contributed by atoms with Gasteiger partial charge in [0.15, 0.2) is 0 Å². The van der Waals surface area contributed by atoms with Crippen molar-refractivity contribution in [3.8, 4) is 0 Å². The second kappa shape index (κ2) is 6.19. The molecular formula is C12H18BrN3O2S. The van der Waals surface area contributed by atoms with Crippen molar-refractivity contribution in [1.82, 2.24) is 9.29 Å². The van der Waals surface area contributed by atoms with Crippen LogP contribution in [0.4, 0.5) is 5.69 Å². The molecule has 19 heavy (non-hydrogen) atoms. The van der Waals surface area contributed by atoms with Crippen LogP contribution in [-0.4, -0.2) is 30.8 Å². The normalized spacial score (nSPS) is 18.0. The van der Waals surface area contributed by atoms with Crippen molar-refractivity contribution in [2.24, 2.45) is 0 Å². The number of halogens is 1. The molecule has 106 valence electrons. The van der Waals surface area contributed by atoms with Gasteiger partial charge in [-0.1, -0.05) is 12.8 Å². The zero-order valence-corrected chi connectivity index (χ0v) is 13.3. The minimum absolute atomic E-state index is 0.505. The Hall–Kier alpha value is -0.660. The summed E-state index contributed by atoms with van der Waals surface area (Å²) >= 11 is 3.30. The van der Waals surface area contributed by atoms with Crippen LogP contribution < -0.4 is 4.72 Å². The van der Waals surface area contributed by atoms with Crippen LogP contribution in [0, 0.1) is 6.92 Å². The molecule has 1 N–H and O–H groups in total. The molecule has 2 heterocycles. The number of pyridine rings is 1. The van der Waals surface area contributed by atoms with Gasteiger partial charge in [0.05, 0.1) is 11.9 Å². The van der Waals surface area contributed by atoms with Crippen molar-refractivity contribution in [2.45, 2.75) is 32.6 Å². The van der Waals surface area contributed by atoms with Crippen molar-refractivity contribution in [2.75, 3.05) is 17.8 Å². The molecule has 0 amide bonds. The summed E-state index contributed by atoms with van der Waals surface area (Å²) in [6.45, 7) is 3.07. The Bertz CT molecular complexity index is 540. The Morgan fingerprint density at radius 1 is 1.26 bits per heavy atom. The number of aryl methyl sites for hydroxylation is 1. The number of nitrogens with zero attached hydrogens (tertiary/aromatic N) is 2. The predicted octanol–water partition coefficient (Wildman–Crippen LogP) is 2.69. The van der Waals surface area contributed by atoms with E-state index in [9.17, 15) is 8.42 Å². The lowest BCUT2D eigenvalue weighted by atomic mass is 10.2. The molecular weight excluding hydrogens is 330 g/mol. The highest BCUT2D eigenvalue weighted by Crippen LogP contribution is 2.20. The van der Waals surface area contributed by atoms with E-state index in [4.69, 9.17) is 0 Å². The van der Waals surface area contributed by atoms with E-state index in [-0.39, 0.29) is 0 Å². The molecule has 5 nitrogen and oxygen atoms in total. The fourth-order valence-corrected chi connectivity index (χ4v) is 3.60. The van der Waals surface area contributed by atoms with Gasteiger partial charge in [-0.2, -0.15) is 12.7 Å². The first-order valence-corrected chi connectivity index (χ1v) is 8.62. The first-order chi connectivity index (χ1) is 8.99. The second-order valence-electron chi connectivity index (χ2n) is 4.75. The topological polar surface area (TPSA) is 62.3 Å². The molecule has 7 heteroatoms. The molecule has 0 saturated carbocycles. The Morgan fingerprint density at radius 2 is 1.89 bits per heavy atom. The monoisotopic (exact) mass is 347 g/mol. The minimum Gasteiger partial charge on any atom is -0.269 e. The van der Waals surface area contributed by atoms with E-state index in [1.807, 2.05) is 6.92 Å². The summed E-state index contributed by atoms with van der Waals surface area (Å²) < 4.78 is 29.4. The summed E-state index contributed by atoms with van der Waals surface area (Å²) in [4.78, 5) is 4.10. The van der Waals surface area contributed by atoms with Crippen LogP contribution in [0.15, 0.2) is 16.9 Å². The van der Waals surface area contributed by atoms with E-state index in [1.165, 1.54) is 10.5 Å². The van der Waals surface area contributed by atoms with Crippen molar-refractivity contribution < 1.29 is 8.42 Å². The van der Waals surface area contributed by atoms with Gasteiger partial charge in [-0.05, 0) is 47.3 Å². The van der Waals surface area contributed by atoms with Crippen molar-refractivity contribution >= 4 is 31.8 Å². The van der Waals surface area contributed by atoms with Crippen LogP contribution >= 0.6 is 15.9 Å². The van der Waals surface area contributed by atoms with Gasteiger partial charge in [0, 0.05) is 13.1 Å². The molecule has 0 bridgehead atoms. The fourth-order valence-electron chi connectivity index (χ4n) is 2.11. The molecule has 1 aliphatic rings. The zero-order valence-electron chi connectivity index (χ0n) is 10.9. The molecule has 1 aliphatic heterocycles. The maximum atomic E-state index is 12.3. The number of hydrogen-bond acceptors (Lipinski definition) is 3. The minimum atomic E-state index is -3.46. The molecule has 1 saturated heterocycles. The number of anilines is 1. The molecule has 1 aromatic heterocycles. The van der Waals surface area contributed by atoms with E-state index in [0.29, 0.717) is 18.8 Å². The zero-order chi connectivity index (χ0) is 13.9. The number of aromatic nitrogens is 1. The number of hydrogen-bond donors (Lipinski definition) is 1. The third kappa shape index (κ3) is 3.90. The molecule has 0 atom stereocenters. The molecule has 0 spiro atoms. The van der Waals surface area contributed by atoms with E-state index in [1.54, 1.807) is 6.07 Å². The van der Waals surface area contributed by atoms with E-state index < -0.39 is 10.2 Å². The number of nitrogens with one attached hydrogen (secondary N) is 1. The maximum absolute atomic E-state index is 12.3. The van der Waals surface area contributed by atoms with Crippen LogP contribution in [0.5, 0.6) is 0 Å². The first-order valence-electron chi connectivity index (χ1n) is 6.39. The van der Waals surface area contributed by atoms with Crippen LogP contribution in [0.1, 0.15) is 31.2 Å². The quantitative estimate of drug-likeness (QED) is 0.855. The second-order valence-corrected chi connectivity index (χ2v) is 7.17. The van der Waals surface area contributed by atoms with E-state index in [2.05, 4.69) is 25.6 Å². The maximum Gasteiger partial charge on any atom is 0.301 e. The molecule has 0 aliphatic carbocycles. The third-order valence-corrected chi connectivity index (χ3v) is 5.53. The van der Waals surface area contributed by atoms with Crippen LogP contribution in [0.25, 0.3) is 0 Å². The van der Waals surface area contributed by atoms with Gasteiger partial charge in [-0.25, -0.2) is 4.98 Å². The Balaban J connectivity index is 2.13. The Morgan fingerprint density at radius 3 is 2.47 bits per heavy atom. The molecule has 0 aromatic carbocycles. The average Bonchev–Trinajstić information content (AvgIpc) is 2.63. The molecule has 2 rings (SSSR count). The van der Waals surface area contributed by atoms with E-state index >= 15 is 0 Å². The van der Waals surface area contributed by atoms with Gasteiger partial charge in [-0.3, -0.25) is 4.72 Å². The van der Waals surface area contributed by atoms with Gasteiger partial charge in [0.1, 0.15) is 4.60 Å². The van der Waals surface area contributed by atoms with E-state index in [0.717, 1.165) is 35.8 Å². The summed E-state index contributed by atoms with van der Waals surface area (Å²) in [5.41, 5.74) is 1.40. The van der Waals surface area contributed by atoms with Crippen molar-refractivity contribution in [3.05, 3.63) is 22.4 Å². The highest BCUT2D eigenvalue weighted by Gasteiger charge is 2.22. The summed E-state index contributed by atoms with van der Waals surface area (Å²) in [5.74, 6) is 0. The van der Waals surface area contributed by atoms with Gasteiger partial charge < -0.3 is 0 Å². The van der Waals surface area contributed by atoms with Crippen LogP contribution in [0.2, 0.25) is 0 Å². The molecule has 0 unspecified atom stereocenters. The highest BCUT2D eigenvalue weighted by atomic mass is 79.9. The average molecular weight is 348 g/mol. The molecule has 1 fully saturated rings. The number of rotatable bonds is 3. The lowest BCUT2D eigenvalue weighted by molar-refractivity contribution is 0.427. The summed E-state index contributed by atoms with van der Waals surface area (Å²) in [5, 5.41) is 0. The molecule has 1 aromatic rings. The SMILES string of the molecule is Cc1cc(NS(=O)(=O)N2CCCCCC2)cnc1Br. The fraction of sp³-hybridized carbons (Fsp3) is 0.583. The van der Waals surface area contributed by atoms with Gasteiger partial charge in [0.2, 0.25) is 0 Å². The molecule has 0 radical (unpaired) electrons. The lowest BCUT2D eigenvalue weighted by Crippen LogP contribution is -2.36. The summed E-state index contributed by atoms with van der Waals surface area (Å²) in [6.07, 6.45) is 5.58. The van der Waals surface area contributed by atoms with Gasteiger partial charge in [0.25, 0.3) is 0 Å². The smallest absolute Gasteiger partial charge is 0.269 e. The standard InChI is InChI=1S/C12H18BrN3O2S/c1-10-8-11(9-14-12(10)13)15-19(17,18)16-6-4-2-3-5-7-16/h8-9,15H,2-7H2,1H3. The van der Waals surface area contributed by atoms with Crippen molar-refractivity contribution in [1.29, 1.82) is 0 Å². The van der Waals surface area contributed by atoms with Gasteiger partial charge in [-0.15, -0.1) is 0 Å². The highest BCUT2D eigenvalue weighted by molar-refractivity contribution is 9.10. The van der Waals surface area contributed by atoms with Crippen molar-refractivity contribution in [3.63, 3.8) is 0 Å². The largest absolute Gasteiger partial charge is 0.301 e. The predicted molar refractivity (Wildman–Crippen MR) is 79.3 cm³/mol. The Labute approximate surface area is 122 Å². The van der Waals surface area contributed by atoms with Crippen LogP contribution in [0.3, 0.4) is 0 Å². The summed E-state index contributed by atoms with van der Waals surface area (Å²) in [7, 11) is -3.46. The van der Waals surface area contributed by atoms with Gasteiger partial charge >= 0.3 is 10.2 Å². The Kier molecular flexibility index (Phi) is 4.81. The van der Waals surface area contributed by atoms with Crippen LogP contribution in [-0.2, 0) is 10.2 Å². The third-order valence-electron chi connectivity index (χ3n) is 3.17.